The number of hydrogen-bond acceptors (Lipinski definition) is 4. The van der Waals surface area contributed by atoms with Gasteiger partial charge in [-0.05, 0) is 11.1 Å². The van der Waals surface area contributed by atoms with E-state index in [4.69, 9.17) is 9.47 Å². The van der Waals surface area contributed by atoms with Crippen LogP contribution in [-0.2, 0) is 19.1 Å². The summed E-state index contributed by atoms with van der Waals surface area (Å²) in [5.41, 5.74) is 1.32. The summed E-state index contributed by atoms with van der Waals surface area (Å²) >= 11 is 0. The number of rotatable bonds is 4. The molecule has 28 heavy (non-hydrogen) atoms. The molecule has 0 saturated carbocycles. The van der Waals surface area contributed by atoms with Gasteiger partial charge in [0.1, 0.15) is 11.5 Å². The van der Waals surface area contributed by atoms with Gasteiger partial charge in [-0.15, -0.1) is 0 Å². The van der Waals surface area contributed by atoms with Gasteiger partial charge in [0, 0.05) is 0 Å². The molecule has 142 valence electrons. The topological polar surface area (TPSA) is 55.8 Å². The van der Waals surface area contributed by atoms with Crippen molar-refractivity contribution in [2.75, 3.05) is 13.7 Å². The van der Waals surface area contributed by atoms with Crippen LogP contribution < -0.4 is 0 Å². The normalized spacial score (nSPS) is 30.1. The second-order valence-corrected chi connectivity index (χ2v) is 7.61. The minimum atomic E-state index is -0.748. The van der Waals surface area contributed by atoms with Crippen LogP contribution in [0.4, 0.5) is 0 Å². The number of benzene rings is 2. The predicted octanol–water partition coefficient (Wildman–Crippen LogP) is 2.73. The second-order valence-electron chi connectivity index (χ2n) is 7.61. The van der Waals surface area contributed by atoms with E-state index in [1.165, 1.54) is 7.11 Å². The Morgan fingerprint density at radius 2 is 1.71 bits per heavy atom. The first-order chi connectivity index (χ1) is 13.6. The van der Waals surface area contributed by atoms with Gasteiger partial charge >= 0.3 is 5.97 Å². The van der Waals surface area contributed by atoms with Crippen molar-refractivity contribution in [2.24, 2.45) is 11.8 Å². The van der Waals surface area contributed by atoms with Gasteiger partial charge in [-0.3, -0.25) is 9.59 Å². The molecule has 1 spiro atoms. The maximum atomic E-state index is 13.6. The number of fused-ring (bicyclic) bond motifs is 1. The molecule has 5 nitrogen and oxygen atoms in total. The zero-order valence-electron chi connectivity index (χ0n) is 15.5. The quantitative estimate of drug-likeness (QED) is 0.609. The van der Waals surface area contributed by atoms with Crippen LogP contribution in [0.15, 0.2) is 72.8 Å². The highest BCUT2D eigenvalue weighted by Crippen LogP contribution is 2.54. The smallest absolute Gasteiger partial charge is 0.312 e. The SMILES string of the molecule is COC(=O)[C@H]1[C@H]2C=CC3(CN(C(c4ccccc4)c4ccccc4)C(=O)[C@@H]13)O2. The Labute approximate surface area is 163 Å². The van der Waals surface area contributed by atoms with Crippen LogP contribution >= 0.6 is 0 Å². The Bertz CT molecular complexity index is 902. The third kappa shape index (κ3) is 2.36. The van der Waals surface area contributed by atoms with Gasteiger partial charge in [-0.25, -0.2) is 0 Å². The molecule has 0 aliphatic carbocycles. The standard InChI is InChI=1S/C23H21NO4/c1-27-22(26)18-17-12-13-23(28-17)14-24(21(25)19(18)23)20(15-8-4-2-5-9-15)16-10-6-3-7-11-16/h2-13,17-20H,14H2,1H3/t17-,18+,19-,23?/m1/s1. The van der Waals surface area contributed by atoms with E-state index in [9.17, 15) is 9.59 Å². The number of carbonyl (C=O) groups is 2. The summed E-state index contributed by atoms with van der Waals surface area (Å²) in [5, 5.41) is 0. The van der Waals surface area contributed by atoms with E-state index in [2.05, 4.69) is 0 Å². The Morgan fingerprint density at radius 3 is 2.29 bits per heavy atom. The van der Waals surface area contributed by atoms with E-state index in [1.807, 2.05) is 77.7 Å². The largest absolute Gasteiger partial charge is 0.469 e. The number of hydrogen-bond donors (Lipinski definition) is 0. The number of esters is 1. The van der Waals surface area contributed by atoms with E-state index >= 15 is 0 Å². The van der Waals surface area contributed by atoms with Crippen LogP contribution in [0.25, 0.3) is 0 Å². The Kier molecular flexibility index (Phi) is 3.88. The minimum Gasteiger partial charge on any atom is -0.469 e. The van der Waals surface area contributed by atoms with Gasteiger partial charge in [0.15, 0.2) is 0 Å². The number of likely N-dealkylation sites (tertiary alicyclic amines) is 1. The van der Waals surface area contributed by atoms with Gasteiger partial charge < -0.3 is 14.4 Å². The average Bonchev–Trinajstić information content (AvgIpc) is 3.38. The molecular formula is C23H21NO4. The summed E-state index contributed by atoms with van der Waals surface area (Å²) in [6.45, 7) is 0.422. The fourth-order valence-electron chi connectivity index (χ4n) is 4.97. The Balaban J connectivity index is 1.58. The van der Waals surface area contributed by atoms with Crippen LogP contribution in [0.2, 0.25) is 0 Å². The van der Waals surface area contributed by atoms with Crippen LogP contribution in [0.1, 0.15) is 17.2 Å². The molecule has 0 radical (unpaired) electrons. The highest BCUT2D eigenvalue weighted by atomic mass is 16.5. The Morgan fingerprint density at radius 1 is 1.11 bits per heavy atom. The molecule has 3 aliphatic heterocycles. The molecule has 2 aromatic rings. The van der Waals surface area contributed by atoms with Crippen LogP contribution in [-0.4, -0.2) is 42.1 Å². The third-order valence-corrected chi connectivity index (χ3v) is 6.15. The predicted molar refractivity (Wildman–Crippen MR) is 102 cm³/mol. The van der Waals surface area contributed by atoms with Crippen molar-refractivity contribution in [1.29, 1.82) is 0 Å². The zero-order valence-corrected chi connectivity index (χ0v) is 15.5. The van der Waals surface area contributed by atoms with Gasteiger partial charge in [0.05, 0.1) is 31.7 Å². The maximum absolute atomic E-state index is 13.6. The summed E-state index contributed by atoms with van der Waals surface area (Å²) in [6, 6.07) is 19.7. The number of ether oxygens (including phenoxy) is 2. The maximum Gasteiger partial charge on any atom is 0.312 e. The molecule has 5 heteroatoms. The first kappa shape index (κ1) is 17.2. The lowest BCUT2D eigenvalue weighted by atomic mass is 9.77. The fraction of sp³-hybridized carbons (Fsp3) is 0.304. The van der Waals surface area contributed by atoms with Gasteiger partial charge in [-0.2, -0.15) is 0 Å². The zero-order chi connectivity index (χ0) is 19.3. The summed E-state index contributed by atoms with van der Waals surface area (Å²) in [4.78, 5) is 27.9. The number of amides is 1. The lowest BCUT2D eigenvalue weighted by molar-refractivity contribution is -0.151. The molecule has 2 aromatic carbocycles. The van der Waals surface area contributed by atoms with Gasteiger partial charge in [-0.1, -0.05) is 72.8 Å². The summed E-state index contributed by atoms with van der Waals surface area (Å²) in [5.74, 6) is -1.56. The van der Waals surface area contributed by atoms with Crippen LogP contribution in [0.3, 0.4) is 0 Å². The van der Waals surface area contributed by atoms with Gasteiger partial charge in [0.25, 0.3) is 0 Å². The van der Waals surface area contributed by atoms with Crippen molar-refractivity contribution in [3.05, 3.63) is 83.9 Å². The summed E-state index contributed by atoms with van der Waals surface area (Å²) in [6.07, 6.45) is 3.48. The molecule has 2 fully saturated rings. The number of carbonyl (C=O) groups excluding carboxylic acids is 2. The summed E-state index contributed by atoms with van der Waals surface area (Å²) in [7, 11) is 1.36. The molecule has 1 unspecified atom stereocenters. The molecule has 2 saturated heterocycles. The molecule has 5 rings (SSSR count). The molecule has 3 heterocycles. The van der Waals surface area contributed by atoms with Crippen LogP contribution in [0.5, 0.6) is 0 Å². The monoisotopic (exact) mass is 375 g/mol. The molecule has 4 atom stereocenters. The second kappa shape index (κ2) is 6.31. The molecule has 1 amide bonds. The van der Waals surface area contributed by atoms with E-state index in [0.29, 0.717) is 6.54 Å². The Hall–Kier alpha value is -2.92. The van der Waals surface area contributed by atoms with Crippen molar-refractivity contribution in [1.82, 2.24) is 4.90 Å². The molecule has 0 N–H and O–H groups in total. The third-order valence-electron chi connectivity index (χ3n) is 6.15. The number of methoxy groups -OCH3 is 1. The highest BCUT2D eigenvalue weighted by molar-refractivity contribution is 5.91. The highest BCUT2D eigenvalue weighted by Gasteiger charge is 2.68. The van der Waals surface area contributed by atoms with Crippen molar-refractivity contribution < 1.29 is 19.1 Å². The van der Waals surface area contributed by atoms with E-state index in [0.717, 1.165) is 11.1 Å². The molecule has 2 bridgehead atoms. The first-order valence-electron chi connectivity index (χ1n) is 9.50. The van der Waals surface area contributed by atoms with Crippen molar-refractivity contribution in [2.45, 2.75) is 17.7 Å². The van der Waals surface area contributed by atoms with Crippen LogP contribution in [0, 0.1) is 11.8 Å². The first-order valence-corrected chi connectivity index (χ1v) is 9.50. The average molecular weight is 375 g/mol. The lowest BCUT2D eigenvalue weighted by Gasteiger charge is -2.31. The van der Waals surface area contributed by atoms with Gasteiger partial charge in [0.2, 0.25) is 5.91 Å². The van der Waals surface area contributed by atoms with E-state index in [-0.39, 0.29) is 24.0 Å². The summed E-state index contributed by atoms with van der Waals surface area (Å²) < 4.78 is 11.1. The lowest BCUT2D eigenvalue weighted by Crippen LogP contribution is -2.40. The molecule has 3 aliphatic rings. The molecular weight excluding hydrogens is 354 g/mol. The molecule has 0 aromatic heterocycles. The minimum absolute atomic E-state index is 0.0556. The van der Waals surface area contributed by atoms with Crippen molar-refractivity contribution in [3.63, 3.8) is 0 Å². The fourth-order valence-corrected chi connectivity index (χ4v) is 4.97. The number of nitrogens with zero attached hydrogens (tertiary/aromatic N) is 1. The van der Waals surface area contributed by atoms with E-state index in [1.54, 1.807) is 0 Å². The van der Waals surface area contributed by atoms with Crippen molar-refractivity contribution >= 4 is 11.9 Å². The van der Waals surface area contributed by atoms with E-state index < -0.39 is 17.4 Å². The van der Waals surface area contributed by atoms with Crippen molar-refractivity contribution in [3.8, 4) is 0 Å².